The quantitative estimate of drug-likeness (QED) is 0.152. The van der Waals surface area contributed by atoms with Gasteiger partial charge in [-0.25, -0.2) is 0 Å². The van der Waals surface area contributed by atoms with Crippen LogP contribution in [0.25, 0.3) is 33.0 Å². The molecule has 5 rings (SSSR count). The third-order valence-electron chi connectivity index (χ3n) is 5.50. The summed E-state index contributed by atoms with van der Waals surface area (Å²) in [7, 11) is 0. The summed E-state index contributed by atoms with van der Waals surface area (Å²) < 4.78 is 2.82. The first kappa shape index (κ1) is 20.5. The van der Waals surface area contributed by atoms with Crippen LogP contribution in [0.15, 0.2) is 115 Å². The summed E-state index contributed by atoms with van der Waals surface area (Å²) in [6, 6.07) is 41.5. The second-order valence-corrected chi connectivity index (χ2v) is 10.7. The van der Waals surface area contributed by atoms with Crippen molar-refractivity contribution < 1.29 is 0 Å². The standard InChI is InChI=1S/C29H21ISe/c30-29-26(20-31-23-16-8-3-9-17-23)27(21-12-4-1-5-13-21)24-18-10-11-19-25(24)28(29)22-14-6-2-7-15-22/h1-19H,20H2. The van der Waals surface area contributed by atoms with Gasteiger partial charge in [-0.1, -0.05) is 0 Å². The molecule has 0 amide bonds. The monoisotopic (exact) mass is 576 g/mol. The van der Waals surface area contributed by atoms with Gasteiger partial charge in [-0.15, -0.1) is 0 Å². The molecule has 0 aliphatic heterocycles. The second kappa shape index (κ2) is 9.40. The predicted octanol–water partition coefficient (Wildman–Crippen LogP) is 7.31. The fourth-order valence-corrected chi connectivity index (χ4v) is 7.73. The van der Waals surface area contributed by atoms with E-state index in [1.807, 2.05) is 0 Å². The van der Waals surface area contributed by atoms with Gasteiger partial charge in [0, 0.05) is 0 Å². The average molecular weight is 575 g/mol. The first-order chi connectivity index (χ1) is 15.3. The van der Waals surface area contributed by atoms with E-state index in [1.165, 1.54) is 46.6 Å². The molecule has 0 aromatic heterocycles. The Morgan fingerprint density at radius 1 is 0.516 bits per heavy atom. The van der Waals surface area contributed by atoms with Crippen molar-refractivity contribution in [3.8, 4) is 22.3 Å². The molecule has 5 aromatic rings. The molecule has 0 aliphatic rings. The summed E-state index contributed by atoms with van der Waals surface area (Å²) in [5, 5.41) is 3.74. The van der Waals surface area contributed by atoms with Crippen LogP contribution in [0.1, 0.15) is 5.56 Å². The van der Waals surface area contributed by atoms with Gasteiger partial charge in [0.1, 0.15) is 0 Å². The molecular formula is C29H21ISe. The van der Waals surface area contributed by atoms with Gasteiger partial charge < -0.3 is 0 Å². The van der Waals surface area contributed by atoms with E-state index in [9.17, 15) is 0 Å². The van der Waals surface area contributed by atoms with E-state index >= 15 is 0 Å². The molecule has 0 unspecified atom stereocenters. The molecule has 0 atom stereocenters. The van der Waals surface area contributed by atoms with Crippen molar-refractivity contribution in [1.29, 1.82) is 0 Å². The van der Waals surface area contributed by atoms with Crippen LogP contribution in [0.3, 0.4) is 0 Å². The van der Waals surface area contributed by atoms with Gasteiger partial charge in [-0.05, 0) is 0 Å². The van der Waals surface area contributed by atoms with Crippen LogP contribution in [0.5, 0.6) is 0 Å². The third kappa shape index (κ3) is 4.21. The molecule has 0 bridgehead atoms. The maximum absolute atomic E-state index is 2.60. The zero-order valence-electron chi connectivity index (χ0n) is 17.0. The molecule has 150 valence electrons. The zero-order valence-corrected chi connectivity index (χ0v) is 20.8. The van der Waals surface area contributed by atoms with E-state index < -0.39 is 0 Å². The molecule has 31 heavy (non-hydrogen) atoms. The molecule has 0 saturated carbocycles. The Bertz CT molecular complexity index is 1310. The van der Waals surface area contributed by atoms with E-state index in [2.05, 4.69) is 138 Å². The minimum atomic E-state index is 0.376. The Morgan fingerprint density at radius 2 is 0.968 bits per heavy atom. The van der Waals surface area contributed by atoms with Gasteiger partial charge in [-0.3, -0.25) is 0 Å². The van der Waals surface area contributed by atoms with E-state index in [0.29, 0.717) is 15.0 Å². The molecule has 0 nitrogen and oxygen atoms in total. The summed E-state index contributed by atoms with van der Waals surface area (Å²) in [5.74, 6) is 0. The Hall–Kier alpha value is -2.39. The van der Waals surface area contributed by atoms with Crippen molar-refractivity contribution in [1.82, 2.24) is 0 Å². The van der Waals surface area contributed by atoms with Gasteiger partial charge in [-0.2, -0.15) is 0 Å². The van der Waals surface area contributed by atoms with Gasteiger partial charge >= 0.3 is 205 Å². The summed E-state index contributed by atoms with van der Waals surface area (Å²) in [4.78, 5) is 0. The van der Waals surface area contributed by atoms with Crippen molar-refractivity contribution in [2.24, 2.45) is 0 Å². The fraction of sp³-hybridized carbons (Fsp3) is 0.0345. The molecule has 0 aliphatic carbocycles. The number of hydrogen-bond acceptors (Lipinski definition) is 0. The molecule has 0 saturated heterocycles. The Balaban J connectivity index is 1.79. The van der Waals surface area contributed by atoms with Crippen molar-refractivity contribution in [3.05, 3.63) is 124 Å². The van der Waals surface area contributed by atoms with Crippen LogP contribution in [0, 0.1) is 3.57 Å². The van der Waals surface area contributed by atoms with Gasteiger partial charge in [0.05, 0.1) is 0 Å². The van der Waals surface area contributed by atoms with Crippen molar-refractivity contribution in [2.45, 2.75) is 5.32 Å². The zero-order chi connectivity index (χ0) is 21.0. The van der Waals surface area contributed by atoms with Gasteiger partial charge in [0.2, 0.25) is 0 Å². The van der Waals surface area contributed by atoms with Crippen molar-refractivity contribution in [2.75, 3.05) is 0 Å². The molecule has 0 fully saturated rings. The van der Waals surface area contributed by atoms with E-state index in [0.717, 1.165) is 5.32 Å². The summed E-state index contributed by atoms with van der Waals surface area (Å²) in [5.41, 5.74) is 6.80. The average Bonchev–Trinajstić information content (AvgIpc) is 2.84. The van der Waals surface area contributed by atoms with Gasteiger partial charge in [0.25, 0.3) is 0 Å². The third-order valence-corrected chi connectivity index (χ3v) is 8.87. The minimum absolute atomic E-state index is 0.376. The Morgan fingerprint density at radius 3 is 1.55 bits per heavy atom. The number of halogens is 1. The predicted molar refractivity (Wildman–Crippen MR) is 143 cm³/mol. The SMILES string of the molecule is Ic1c(C[Se]c2ccccc2)c(-c2ccccc2)c2ccccc2c1-c1ccccc1. The summed E-state index contributed by atoms with van der Waals surface area (Å²) >= 11 is 2.97. The molecule has 2 heteroatoms. The summed E-state index contributed by atoms with van der Waals surface area (Å²) in [6.07, 6.45) is 0. The van der Waals surface area contributed by atoms with Crippen LogP contribution in [-0.2, 0) is 5.32 Å². The normalized spacial score (nSPS) is 11.0. The van der Waals surface area contributed by atoms with Crippen molar-refractivity contribution in [3.63, 3.8) is 0 Å². The van der Waals surface area contributed by atoms with E-state index in [-0.39, 0.29) is 0 Å². The van der Waals surface area contributed by atoms with Crippen molar-refractivity contribution >= 4 is 52.8 Å². The van der Waals surface area contributed by atoms with Gasteiger partial charge in [0.15, 0.2) is 0 Å². The van der Waals surface area contributed by atoms with E-state index in [1.54, 1.807) is 0 Å². The number of hydrogen-bond donors (Lipinski definition) is 0. The topological polar surface area (TPSA) is 0 Å². The Kier molecular flexibility index (Phi) is 6.22. The van der Waals surface area contributed by atoms with E-state index in [4.69, 9.17) is 0 Å². The molecule has 0 spiro atoms. The van der Waals surface area contributed by atoms with Crippen LogP contribution >= 0.6 is 22.6 Å². The van der Waals surface area contributed by atoms with Crippen LogP contribution in [0.2, 0.25) is 0 Å². The Labute approximate surface area is 203 Å². The first-order valence-corrected chi connectivity index (χ1v) is 13.5. The maximum atomic E-state index is 2.60. The summed E-state index contributed by atoms with van der Waals surface area (Å²) in [6.45, 7) is 0. The van der Waals surface area contributed by atoms with Crippen LogP contribution in [0.4, 0.5) is 0 Å². The fourth-order valence-electron chi connectivity index (χ4n) is 4.09. The molecule has 0 heterocycles. The van der Waals surface area contributed by atoms with Crippen LogP contribution in [-0.4, -0.2) is 15.0 Å². The first-order valence-electron chi connectivity index (χ1n) is 10.3. The molecule has 0 N–H and O–H groups in total. The van der Waals surface area contributed by atoms with Crippen LogP contribution < -0.4 is 4.46 Å². The second-order valence-electron chi connectivity index (χ2n) is 7.42. The molecule has 0 radical (unpaired) electrons. The molecular weight excluding hydrogens is 554 g/mol. The molecule has 5 aromatic carbocycles. The number of fused-ring (bicyclic) bond motifs is 1. The number of benzene rings is 5. The number of rotatable bonds is 5.